The van der Waals surface area contributed by atoms with Gasteiger partial charge in [0, 0.05) is 5.56 Å². The van der Waals surface area contributed by atoms with Crippen LogP contribution in [-0.4, -0.2) is 6.61 Å². The molecule has 0 spiro atoms. The van der Waals surface area contributed by atoms with Crippen molar-refractivity contribution in [1.29, 1.82) is 0 Å². The maximum Gasteiger partial charge on any atom is 0.119 e. The van der Waals surface area contributed by atoms with Crippen LogP contribution >= 0.6 is 43.2 Å². The molecule has 1 heterocycles. The zero-order valence-corrected chi connectivity index (χ0v) is 17.9. The zero-order chi connectivity index (χ0) is 17.2. The highest BCUT2D eigenvalue weighted by Crippen LogP contribution is 2.31. The number of thiophene rings is 1. The lowest BCUT2D eigenvalue weighted by atomic mass is 10.1. The van der Waals surface area contributed by atoms with Crippen LogP contribution < -0.4 is 4.74 Å². The second kappa shape index (κ2) is 11.0. The van der Waals surface area contributed by atoms with E-state index in [1.807, 2.05) is 30.3 Å². The molecule has 2 aromatic rings. The van der Waals surface area contributed by atoms with E-state index in [1.165, 1.54) is 32.1 Å². The minimum absolute atomic E-state index is 0.799. The molecule has 0 unspecified atom stereocenters. The first kappa shape index (κ1) is 19.6. The maximum absolute atomic E-state index is 5.79. The summed E-state index contributed by atoms with van der Waals surface area (Å²) in [5, 5.41) is 0. The van der Waals surface area contributed by atoms with Crippen molar-refractivity contribution < 1.29 is 4.74 Å². The molecule has 0 amide bonds. The fourth-order valence-corrected chi connectivity index (χ4v) is 4.94. The van der Waals surface area contributed by atoms with Crippen LogP contribution in [0, 0.1) is 11.8 Å². The average Bonchev–Trinajstić information content (AvgIpc) is 2.91. The lowest BCUT2D eigenvalue weighted by Crippen LogP contribution is -1.97. The van der Waals surface area contributed by atoms with Gasteiger partial charge in [-0.1, -0.05) is 50.9 Å². The molecule has 0 aliphatic carbocycles. The molecule has 0 fully saturated rings. The summed E-state index contributed by atoms with van der Waals surface area (Å²) in [6.45, 7) is 3.04. The van der Waals surface area contributed by atoms with Gasteiger partial charge >= 0.3 is 0 Å². The molecular weight excluding hydrogens is 448 g/mol. The van der Waals surface area contributed by atoms with Crippen molar-refractivity contribution in [3.05, 3.63) is 49.0 Å². The van der Waals surface area contributed by atoms with E-state index in [4.69, 9.17) is 4.74 Å². The number of unbranched alkanes of at least 4 members (excludes halogenated alkanes) is 5. The van der Waals surface area contributed by atoms with E-state index in [2.05, 4.69) is 50.6 Å². The number of hydrogen-bond acceptors (Lipinski definition) is 2. The Balaban J connectivity index is 1.76. The van der Waals surface area contributed by atoms with Crippen molar-refractivity contribution in [3.63, 3.8) is 0 Å². The highest BCUT2D eigenvalue weighted by Gasteiger charge is 2.01. The van der Waals surface area contributed by atoms with Gasteiger partial charge in [-0.3, -0.25) is 0 Å². The molecule has 128 valence electrons. The summed E-state index contributed by atoms with van der Waals surface area (Å²) in [6, 6.07) is 10.1. The van der Waals surface area contributed by atoms with E-state index in [0.29, 0.717) is 0 Å². The Hall–Kier alpha value is -0.760. The molecule has 0 atom stereocenters. The fourth-order valence-electron chi connectivity index (χ4n) is 2.27. The quantitative estimate of drug-likeness (QED) is 0.288. The number of ether oxygens (including phenoxy) is 1. The predicted molar refractivity (Wildman–Crippen MR) is 111 cm³/mol. The van der Waals surface area contributed by atoms with Gasteiger partial charge in [0.2, 0.25) is 0 Å². The van der Waals surface area contributed by atoms with Crippen molar-refractivity contribution in [2.45, 2.75) is 45.4 Å². The summed E-state index contributed by atoms with van der Waals surface area (Å²) in [7, 11) is 0. The highest BCUT2D eigenvalue weighted by molar-refractivity contribution is 9.12. The minimum atomic E-state index is 0.799. The van der Waals surface area contributed by atoms with E-state index in [1.54, 1.807) is 11.3 Å². The largest absolute Gasteiger partial charge is 0.494 e. The predicted octanol–water partition coefficient (Wildman–Crippen LogP) is 7.41. The van der Waals surface area contributed by atoms with Crippen LogP contribution in [0.15, 0.2) is 37.9 Å². The summed E-state index contributed by atoms with van der Waals surface area (Å²) < 4.78 is 7.93. The third-order valence-corrected chi connectivity index (χ3v) is 5.96. The smallest absolute Gasteiger partial charge is 0.119 e. The van der Waals surface area contributed by atoms with Crippen LogP contribution in [0.3, 0.4) is 0 Å². The molecule has 0 radical (unpaired) electrons. The first-order valence-corrected chi connectivity index (χ1v) is 10.8. The molecule has 0 bridgehead atoms. The normalized spacial score (nSPS) is 10.3. The van der Waals surface area contributed by atoms with Gasteiger partial charge in [-0.2, -0.15) is 0 Å². The van der Waals surface area contributed by atoms with Crippen LogP contribution in [0.1, 0.15) is 56.6 Å². The van der Waals surface area contributed by atoms with Crippen molar-refractivity contribution in [2.75, 3.05) is 6.61 Å². The standard InChI is InChI=1S/C20H22Br2OS/c1-2-3-4-5-6-7-14-23-18-12-9-16(10-13-18)8-11-17-15-19(21)24-20(17)22/h9-10,12-13,15H,2-7,14H2,1H3. The Morgan fingerprint density at radius 2 is 1.67 bits per heavy atom. The summed E-state index contributed by atoms with van der Waals surface area (Å²) in [6.07, 6.45) is 7.70. The molecule has 0 saturated carbocycles. The second-order valence-electron chi connectivity index (χ2n) is 5.63. The number of halogens is 2. The molecule has 0 aliphatic heterocycles. The molecule has 4 heteroatoms. The molecule has 2 rings (SSSR count). The van der Waals surface area contributed by atoms with Gasteiger partial charge in [-0.25, -0.2) is 0 Å². The highest BCUT2D eigenvalue weighted by atomic mass is 79.9. The van der Waals surface area contributed by atoms with Crippen LogP contribution in [0.2, 0.25) is 0 Å². The van der Waals surface area contributed by atoms with Gasteiger partial charge in [0.15, 0.2) is 0 Å². The van der Waals surface area contributed by atoms with Gasteiger partial charge in [-0.15, -0.1) is 11.3 Å². The van der Waals surface area contributed by atoms with Crippen molar-refractivity contribution in [3.8, 4) is 17.6 Å². The molecule has 0 aliphatic rings. The van der Waals surface area contributed by atoms with Crippen LogP contribution in [0.5, 0.6) is 5.75 Å². The van der Waals surface area contributed by atoms with Crippen molar-refractivity contribution in [1.82, 2.24) is 0 Å². The third kappa shape index (κ3) is 7.01. The number of hydrogen-bond donors (Lipinski definition) is 0. The van der Waals surface area contributed by atoms with Crippen LogP contribution in [0.25, 0.3) is 0 Å². The second-order valence-corrected chi connectivity index (χ2v) is 9.38. The zero-order valence-electron chi connectivity index (χ0n) is 13.9. The van der Waals surface area contributed by atoms with E-state index in [-0.39, 0.29) is 0 Å². The van der Waals surface area contributed by atoms with Gasteiger partial charge in [0.1, 0.15) is 5.75 Å². The Morgan fingerprint density at radius 1 is 0.958 bits per heavy atom. The molecule has 1 aromatic carbocycles. The van der Waals surface area contributed by atoms with E-state index < -0.39 is 0 Å². The van der Waals surface area contributed by atoms with Crippen molar-refractivity contribution >= 4 is 43.2 Å². The lowest BCUT2D eigenvalue weighted by Gasteiger charge is -2.06. The Bertz CT molecular complexity index is 680. The average molecular weight is 470 g/mol. The van der Waals surface area contributed by atoms with Gasteiger partial charge < -0.3 is 4.74 Å². The van der Waals surface area contributed by atoms with Crippen LogP contribution in [-0.2, 0) is 0 Å². The molecule has 24 heavy (non-hydrogen) atoms. The SMILES string of the molecule is CCCCCCCCOc1ccc(C#Cc2cc(Br)sc2Br)cc1. The third-order valence-electron chi connectivity index (χ3n) is 3.62. The van der Waals surface area contributed by atoms with Crippen molar-refractivity contribution in [2.24, 2.45) is 0 Å². The van der Waals surface area contributed by atoms with E-state index in [9.17, 15) is 0 Å². The molecule has 0 N–H and O–H groups in total. The summed E-state index contributed by atoms with van der Waals surface area (Å²) in [5.41, 5.74) is 2.01. The maximum atomic E-state index is 5.79. The van der Waals surface area contributed by atoms with Gasteiger partial charge in [0.05, 0.1) is 19.7 Å². The number of rotatable bonds is 8. The molecule has 0 saturated heterocycles. The minimum Gasteiger partial charge on any atom is -0.494 e. The van der Waals surface area contributed by atoms with Gasteiger partial charge in [-0.05, 0) is 68.6 Å². The first-order valence-electron chi connectivity index (χ1n) is 8.38. The molecular formula is C20H22Br2OS. The Kier molecular flexibility index (Phi) is 8.94. The van der Waals surface area contributed by atoms with Gasteiger partial charge in [0.25, 0.3) is 0 Å². The molecule has 1 nitrogen and oxygen atoms in total. The monoisotopic (exact) mass is 468 g/mol. The topological polar surface area (TPSA) is 9.23 Å². The van der Waals surface area contributed by atoms with E-state index in [0.717, 1.165) is 37.5 Å². The first-order chi connectivity index (χ1) is 11.7. The Morgan fingerprint density at radius 3 is 2.33 bits per heavy atom. The Labute approximate surface area is 166 Å². The molecule has 1 aromatic heterocycles. The van der Waals surface area contributed by atoms with E-state index >= 15 is 0 Å². The van der Waals surface area contributed by atoms with Crippen LogP contribution in [0.4, 0.5) is 0 Å². The lowest BCUT2D eigenvalue weighted by molar-refractivity contribution is 0.304. The summed E-state index contributed by atoms with van der Waals surface area (Å²) in [5.74, 6) is 7.30. The fraction of sp³-hybridized carbons (Fsp3) is 0.400. The summed E-state index contributed by atoms with van der Waals surface area (Å²) >= 11 is 8.63. The summed E-state index contributed by atoms with van der Waals surface area (Å²) in [4.78, 5) is 0. The number of benzene rings is 1.